The Labute approximate surface area is 204 Å². The first kappa shape index (κ1) is 22.4. The molecule has 0 amide bonds. The van der Waals surface area contributed by atoms with Gasteiger partial charge in [0.2, 0.25) is 5.67 Å². The molecule has 9 heteroatoms. The van der Waals surface area contributed by atoms with Crippen molar-refractivity contribution in [2.24, 2.45) is 14.1 Å². The maximum Gasteiger partial charge on any atom is 0.251 e. The molecule has 1 unspecified atom stereocenters. The summed E-state index contributed by atoms with van der Waals surface area (Å²) in [6.45, 7) is 0. The highest BCUT2D eigenvalue weighted by Gasteiger charge is 2.41. The fourth-order valence-electron chi connectivity index (χ4n) is 4.19. The van der Waals surface area contributed by atoms with E-state index in [0.29, 0.717) is 32.7 Å². The average Bonchev–Trinajstić information content (AvgIpc) is 3.32. The summed E-state index contributed by atoms with van der Waals surface area (Å²) in [5.74, 6) is 0. The molecule has 7 nitrogen and oxygen atoms in total. The van der Waals surface area contributed by atoms with Gasteiger partial charge in [-0.05, 0) is 30.3 Å². The van der Waals surface area contributed by atoms with Gasteiger partial charge in [-0.1, -0.05) is 29.8 Å². The minimum Gasteiger partial charge on any atom is -0.334 e. The molecule has 0 saturated carbocycles. The molecule has 0 radical (unpaired) electrons. The van der Waals surface area contributed by atoms with Gasteiger partial charge in [-0.25, -0.2) is 14.4 Å². The Morgan fingerprint density at radius 2 is 1.86 bits per heavy atom. The molecular formula is C26H18ClFN6O. The quantitative estimate of drug-likeness (QED) is 0.374. The molecule has 0 fully saturated rings. The van der Waals surface area contributed by atoms with Crippen molar-refractivity contribution < 1.29 is 4.39 Å². The van der Waals surface area contributed by atoms with Gasteiger partial charge in [-0.3, -0.25) is 9.78 Å². The molecule has 4 aromatic heterocycles. The zero-order valence-electron chi connectivity index (χ0n) is 18.8. The Bertz CT molecular complexity index is 1690. The Kier molecular flexibility index (Phi) is 5.42. The summed E-state index contributed by atoms with van der Waals surface area (Å²) < 4.78 is 20.3. The average molecular weight is 485 g/mol. The van der Waals surface area contributed by atoms with Crippen molar-refractivity contribution >= 4 is 22.5 Å². The fourth-order valence-corrected chi connectivity index (χ4v) is 4.32. The fraction of sp³-hybridized carbons (Fsp3) is 0.115. The third-order valence-electron chi connectivity index (χ3n) is 6.04. The van der Waals surface area contributed by atoms with E-state index in [1.165, 1.54) is 29.4 Å². The molecule has 4 heterocycles. The number of halogens is 2. The lowest BCUT2D eigenvalue weighted by molar-refractivity contribution is 0.260. The molecule has 5 aromatic rings. The highest BCUT2D eigenvalue weighted by molar-refractivity contribution is 6.30. The predicted molar refractivity (Wildman–Crippen MR) is 131 cm³/mol. The van der Waals surface area contributed by atoms with Crippen LogP contribution in [0.5, 0.6) is 0 Å². The van der Waals surface area contributed by atoms with Gasteiger partial charge in [-0.2, -0.15) is 5.26 Å². The summed E-state index contributed by atoms with van der Waals surface area (Å²) in [6.07, 6.45) is 4.46. The third-order valence-corrected chi connectivity index (χ3v) is 6.29. The van der Waals surface area contributed by atoms with Crippen molar-refractivity contribution in [1.29, 1.82) is 5.26 Å². The predicted octanol–water partition coefficient (Wildman–Crippen LogP) is 4.52. The highest BCUT2D eigenvalue weighted by Crippen LogP contribution is 2.41. The van der Waals surface area contributed by atoms with Crippen molar-refractivity contribution in [1.82, 2.24) is 24.1 Å². The summed E-state index contributed by atoms with van der Waals surface area (Å²) >= 11 is 6.07. The smallest absolute Gasteiger partial charge is 0.251 e. The number of hydrogen-bond donors (Lipinski definition) is 0. The van der Waals surface area contributed by atoms with Crippen molar-refractivity contribution in [3.05, 3.63) is 111 Å². The monoisotopic (exact) mass is 484 g/mol. The molecule has 0 aliphatic carbocycles. The molecule has 0 saturated heterocycles. The zero-order chi connectivity index (χ0) is 24.7. The van der Waals surface area contributed by atoms with Crippen LogP contribution in [0.1, 0.15) is 22.6 Å². The van der Waals surface area contributed by atoms with Crippen molar-refractivity contribution in [3.8, 4) is 17.3 Å². The van der Waals surface area contributed by atoms with Crippen LogP contribution in [-0.2, 0) is 19.8 Å². The Hall–Kier alpha value is -4.35. The number of aromatic nitrogens is 5. The molecule has 0 N–H and O–H groups in total. The molecule has 0 spiro atoms. The Morgan fingerprint density at radius 3 is 2.54 bits per heavy atom. The van der Waals surface area contributed by atoms with Crippen LogP contribution in [0.3, 0.4) is 0 Å². The normalized spacial score (nSPS) is 12.9. The number of pyridine rings is 3. The molecule has 0 bridgehead atoms. The Balaban J connectivity index is 1.84. The van der Waals surface area contributed by atoms with Gasteiger partial charge >= 0.3 is 0 Å². The van der Waals surface area contributed by atoms with Crippen LogP contribution in [0.4, 0.5) is 4.39 Å². The van der Waals surface area contributed by atoms with Gasteiger partial charge in [0.25, 0.3) is 5.56 Å². The summed E-state index contributed by atoms with van der Waals surface area (Å²) in [5.41, 5.74) is -0.110. The van der Waals surface area contributed by atoms with E-state index in [2.05, 4.69) is 15.0 Å². The van der Waals surface area contributed by atoms with Gasteiger partial charge in [0.1, 0.15) is 11.8 Å². The van der Waals surface area contributed by atoms with Crippen molar-refractivity contribution in [3.63, 3.8) is 0 Å². The van der Waals surface area contributed by atoms with E-state index < -0.39 is 5.67 Å². The summed E-state index contributed by atoms with van der Waals surface area (Å²) in [4.78, 5) is 25.6. The van der Waals surface area contributed by atoms with E-state index in [4.69, 9.17) is 11.6 Å². The molecule has 0 aliphatic heterocycles. The van der Waals surface area contributed by atoms with Crippen molar-refractivity contribution in [2.45, 2.75) is 5.67 Å². The van der Waals surface area contributed by atoms with E-state index >= 15 is 4.39 Å². The number of fused-ring (bicyclic) bond motifs is 1. The lowest BCUT2D eigenvalue weighted by Gasteiger charge is -2.26. The standard InChI is InChI=1S/C26H18ClFN6O/c1-33-15-30-14-24(33)26(28,16-6-8-17(27)9-7-16)23-10-20-19(21-5-3-4-18(12-29)32-21)11-25(35)34(2)22(20)13-31-23/h3-11,13-15H,1-2H3. The lowest BCUT2D eigenvalue weighted by atomic mass is 9.87. The first-order valence-corrected chi connectivity index (χ1v) is 11.0. The van der Waals surface area contributed by atoms with Crippen LogP contribution >= 0.6 is 11.6 Å². The van der Waals surface area contributed by atoms with Gasteiger partial charge in [0.15, 0.2) is 0 Å². The topological polar surface area (TPSA) is 89.4 Å². The highest BCUT2D eigenvalue weighted by atomic mass is 35.5. The number of aryl methyl sites for hydroxylation is 2. The van der Waals surface area contributed by atoms with Crippen LogP contribution in [0.25, 0.3) is 22.2 Å². The second-order valence-corrected chi connectivity index (χ2v) is 8.55. The van der Waals surface area contributed by atoms with Crippen LogP contribution < -0.4 is 5.56 Å². The van der Waals surface area contributed by atoms with Crippen molar-refractivity contribution in [2.75, 3.05) is 0 Å². The number of benzene rings is 1. The van der Waals surface area contributed by atoms with Crippen LogP contribution in [0.2, 0.25) is 5.02 Å². The third kappa shape index (κ3) is 3.66. The maximum atomic E-state index is 17.3. The minimum absolute atomic E-state index is 0.104. The first-order valence-electron chi connectivity index (χ1n) is 10.6. The molecular weight excluding hydrogens is 467 g/mol. The maximum absolute atomic E-state index is 17.3. The zero-order valence-corrected chi connectivity index (χ0v) is 19.5. The first-order chi connectivity index (χ1) is 16.8. The largest absolute Gasteiger partial charge is 0.334 e. The van der Waals surface area contributed by atoms with E-state index in [1.807, 2.05) is 6.07 Å². The van der Waals surface area contributed by atoms with Crippen LogP contribution in [0.15, 0.2) is 78.1 Å². The second-order valence-electron chi connectivity index (χ2n) is 8.12. The summed E-state index contributed by atoms with van der Waals surface area (Å²) in [7, 11) is 3.33. The number of imidazole rings is 1. The molecule has 5 rings (SSSR count). The van der Waals surface area contributed by atoms with E-state index in [9.17, 15) is 10.1 Å². The lowest BCUT2D eigenvalue weighted by Crippen LogP contribution is -2.28. The molecule has 1 atom stereocenters. The van der Waals surface area contributed by atoms with E-state index in [-0.39, 0.29) is 22.6 Å². The summed E-state index contributed by atoms with van der Waals surface area (Å²) in [6, 6.07) is 16.5. The Morgan fingerprint density at radius 1 is 1.09 bits per heavy atom. The minimum atomic E-state index is -2.17. The SMILES string of the molecule is Cn1cncc1C(F)(c1ccc(Cl)cc1)c1cc2c(-c3cccc(C#N)n3)cc(=O)n(C)c2cn1. The van der Waals surface area contributed by atoms with Gasteiger partial charge in [0.05, 0.1) is 41.3 Å². The molecule has 35 heavy (non-hydrogen) atoms. The van der Waals surface area contributed by atoms with Gasteiger partial charge < -0.3 is 9.13 Å². The molecule has 1 aromatic carbocycles. The van der Waals surface area contributed by atoms with Gasteiger partial charge in [-0.15, -0.1) is 0 Å². The number of nitriles is 1. The number of rotatable bonds is 4. The van der Waals surface area contributed by atoms with E-state index in [1.54, 1.807) is 67.2 Å². The number of alkyl halides is 1. The number of hydrogen-bond acceptors (Lipinski definition) is 5. The summed E-state index contributed by atoms with van der Waals surface area (Å²) in [5, 5.41) is 10.3. The molecule has 0 aliphatic rings. The molecule has 172 valence electrons. The number of nitrogens with zero attached hydrogens (tertiary/aromatic N) is 6. The van der Waals surface area contributed by atoms with Crippen LogP contribution in [-0.4, -0.2) is 24.1 Å². The second kappa shape index (κ2) is 8.46. The van der Waals surface area contributed by atoms with Gasteiger partial charge in [0, 0.05) is 41.7 Å². The van der Waals surface area contributed by atoms with E-state index in [0.717, 1.165) is 0 Å². The van der Waals surface area contributed by atoms with Crippen LogP contribution in [0, 0.1) is 11.3 Å².